The summed E-state index contributed by atoms with van der Waals surface area (Å²) in [6.45, 7) is 3.18. The van der Waals surface area contributed by atoms with Crippen LogP contribution in [0.5, 0.6) is 5.75 Å². The molecule has 0 heterocycles. The maximum Gasteiger partial charge on any atom is 0.176 e. The van der Waals surface area contributed by atoms with Crippen molar-refractivity contribution in [3.05, 3.63) is 23.8 Å². The van der Waals surface area contributed by atoms with Crippen LogP contribution in [0.25, 0.3) is 0 Å². The summed E-state index contributed by atoms with van der Waals surface area (Å²) < 4.78 is 5.31. The first-order chi connectivity index (χ1) is 8.58. The van der Waals surface area contributed by atoms with Gasteiger partial charge in [0.05, 0.1) is 25.4 Å². The number of ketones is 1. The average Bonchev–Trinajstić information content (AvgIpc) is 2.32. The van der Waals surface area contributed by atoms with Gasteiger partial charge in [-0.2, -0.15) is 0 Å². The SMILES string of the molecule is CCOc1ccc(C(=O)CN(C)CCO)cc1N. The van der Waals surface area contributed by atoms with Gasteiger partial charge in [0.1, 0.15) is 5.75 Å². The molecule has 0 unspecified atom stereocenters. The van der Waals surface area contributed by atoms with E-state index in [1.807, 2.05) is 6.92 Å². The first kappa shape index (κ1) is 14.5. The molecule has 0 amide bonds. The number of rotatable bonds is 7. The lowest BCUT2D eigenvalue weighted by Gasteiger charge is -2.14. The predicted octanol–water partition coefficient (Wildman–Crippen LogP) is 0.774. The average molecular weight is 252 g/mol. The number of nitrogens with two attached hydrogens (primary N) is 1. The first-order valence-electron chi connectivity index (χ1n) is 5.93. The van der Waals surface area contributed by atoms with Gasteiger partial charge in [0, 0.05) is 12.1 Å². The zero-order valence-corrected chi connectivity index (χ0v) is 10.8. The minimum Gasteiger partial charge on any atom is -0.492 e. The number of benzene rings is 1. The number of likely N-dealkylation sites (N-methyl/N-ethyl adjacent to an activating group) is 1. The summed E-state index contributed by atoms with van der Waals surface area (Å²) >= 11 is 0. The fourth-order valence-corrected chi connectivity index (χ4v) is 1.60. The van der Waals surface area contributed by atoms with Crippen molar-refractivity contribution >= 4 is 11.5 Å². The molecule has 0 aliphatic heterocycles. The van der Waals surface area contributed by atoms with E-state index in [1.54, 1.807) is 30.1 Å². The van der Waals surface area contributed by atoms with Crippen molar-refractivity contribution in [1.82, 2.24) is 4.90 Å². The summed E-state index contributed by atoms with van der Waals surface area (Å²) in [5.74, 6) is 0.568. The van der Waals surface area contributed by atoms with Gasteiger partial charge in [0.2, 0.25) is 0 Å². The molecule has 0 atom stereocenters. The van der Waals surface area contributed by atoms with Crippen LogP contribution >= 0.6 is 0 Å². The van der Waals surface area contributed by atoms with Crippen LogP contribution in [-0.4, -0.2) is 49.1 Å². The molecule has 0 bridgehead atoms. The maximum absolute atomic E-state index is 11.9. The molecule has 0 saturated heterocycles. The molecule has 1 aromatic rings. The lowest BCUT2D eigenvalue weighted by Crippen LogP contribution is -2.28. The van der Waals surface area contributed by atoms with Crippen molar-refractivity contribution in [2.75, 3.05) is 39.1 Å². The van der Waals surface area contributed by atoms with E-state index in [1.165, 1.54) is 0 Å². The number of carbonyl (C=O) groups excluding carboxylic acids is 1. The van der Waals surface area contributed by atoms with Gasteiger partial charge in [-0.05, 0) is 32.2 Å². The van der Waals surface area contributed by atoms with Crippen molar-refractivity contribution in [1.29, 1.82) is 0 Å². The molecule has 0 aliphatic carbocycles. The van der Waals surface area contributed by atoms with Crippen LogP contribution in [0, 0.1) is 0 Å². The second-order valence-electron chi connectivity index (χ2n) is 4.07. The quantitative estimate of drug-likeness (QED) is 0.554. The van der Waals surface area contributed by atoms with Gasteiger partial charge >= 0.3 is 0 Å². The molecule has 5 heteroatoms. The van der Waals surface area contributed by atoms with Crippen LogP contribution in [0.1, 0.15) is 17.3 Å². The minimum atomic E-state index is -0.0271. The van der Waals surface area contributed by atoms with Gasteiger partial charge in [0.15, 0.2) is 5.78 Å². The Morgan fingerprint density at radius 3 is 2.78 bits per heavy atom. The lowest BCUT2D eigenvalue weighted by atomic mass is 10.1. The molecule has 100 valence electrons. The molecule has 1 aromatic carbocycles. The number of aliphatic hydroxyl groups is 1. The summed E-state index contributed by atoms with van der Waals surface area (Å²) in [4.78, 5) is 13.7. The third-order valence-electron chi connectivity index (χ3n) is 2.53. The lowest BCUT2D eigenvalue weighted by molar-refractivity contribution is 0.0936. The Morgan fingerprint density at radius 1 is 1.50 bits per heavy atom. The summed E-state index contributed by atoms with van der Waals surface area (Å²) in [7, 11) is 1.78. The molecule has 18 heavy (non-hydrogen) atoms. The molecule has 3 N–H and O–H groups in total. The molecule has 0 radical (unpaired) electrons. The summed E-state index contributed by atoms with van der Waals surface area (Å²) in [6.07, 6.45) is 0. The summed E-state index contributed by atoms with van der Waals surface area (Å²) in [5, 5.41) is 8.77. The van der Waals surface area contributed by atoms with Crippen molar-refractivity contribution < 1.29 is 14.6 Å². The van der Waals surface area contributed by atoms with E-state index in [0.29, 0.717) is 30.2 Å². The van der Waals surface area contributed by atoms with Crippen molar-refractivity contribution in [3.8, 4) is 5.75 Å². The molecule has 1 rings (SSSR count). The monoisotopic (exact) mass is 252 g/mol. The molecule has 5 nitrogen and oxygen atoms in total. The van der Waals surface area contributed by atoms with Gasteiger partial charge in [-0.3, -0.25) is 9.69 Å². The smallest absolute Gasteiger partial charge is 0.176 e. The Morgan fingerprint density at radius 2 is 2.22 bits per heavy atom. The van der Waals surface area contributed by atoms with E-state index in [9.17, 15) is 4.79 Å². The van der Waals surface area contributed by atoms with Crippen LogP contribution in [0.3, 0.4) is 0 Å². The summed E-state index contributed by atoms with van der Waals surface area (Å²) in [5.41, 5.74) is 6.83. The topological polar surface area (TPSA) is 75.8 Å². The number of carbonyl (C=O) groups is 1. The van der Waals surface area contributed by atoms with Crippen LogP contribution in [0.4, 0.5) is 5.69 Å². The number of aliphatic hydroxyl groups excluding tert-OH is 1. The van der Waals surface area contributed by atoms with Crippen molar-refractivity contribution in [2.24, 2.45) is 0 Å². The molecule has 0 spiro atoms. The van der Waals surface area contributed by atoms with E-state index >= 15 is 0 Å². The molecule has 0 saturated carbocycles. The number of anilines is 1. The zero-order chi connectivity index (χ0) is 13.5. The highest BCUT2D eigenvalue weighted by Gasteiger charge is 2.11. The van der Waals surface area contributed by atoms with Crippen LogP contribution in [-0.2, 0) is 0 Å². The van der Waals surface area contributed by atoms with Gasteiger partial charge < -0.3 is 15.6 Å². The number of ether oxygens (including phenoxy) is 1. The van der Waals surface area contributed by atoms with E-state index < -0.39 is 0 Å². The van der Waals surface area contributed by atoms with Crippen LogP contribution < -0.4 is 10.5 Å². The summed E-state index contributed by atoms with van der Waals surface area (Å²) in [6, 6.07) is 5.04. The molecular formula is C13H20N2O3. The predicted molar refractivity (Wildman–Crippen MR) is 70.9 cm³/mol. The fourth-order valence-electron chi connectivity index (χ4n) is 1.60. The zero-order valence-electron chi connectivity index (χ0n) is 10.8. The third kappa shape index (κ3) is 4.01. The van der Waals surface area contributed by atoms with E-state index in [0.717, 1.165) is 0 Å². The molecular weight excluding hydrogens is 232 g/mol. The highest BCUT2D eigenvalue weighted by molar-refractivity contribution is 5.98. The van der Waals surface area contributed by atoms with Gasteiger partial charge in [-0.1, -0.05) is 0 Å². The normalized spacial score (nSPS) is 10.7. The Kier molecular flexibility index (Phi) is 5.61. The fraction of sp³-hybridized carbons (Fsp3) is 0.462. The second-order valence-corrected chi connectivity index (χ2v) is 4.07. The Balaban J connectivity index is 2.72. The van der Waals surface area contributed by atoms with Gasteiger partial charge in [-0.15, -0.1) is 0 Å². The Labute approximate surface area is 107 Å². The first-order valence-corrected chi connectivity index (χ1v) is 5.93. The molecule has 0 aromatic heterocycles. The number of Topliss-reactive ketones (excluding diaryl/α,β-unsaturated/α-hetero) is 1. The van der Waals surface area contributed by atoms with E-state index in [2.05, 4.69) is 0 Å². The molecule has 0 aliphatic rings. The van der Waals surface area contributed by atoms with Crippen LogP contribution in [0.2, 0.25) is 0 Å². The van der Waals surface area contributed by atoms with Crippen molar-refractivity contribution in [3.63, 3.8) is 0 Å². The number of hydrogen-bond donors (Lipinski definition) is 2. The van der Waals surface area contributed by atoms with Crippen molar-refractivity contribution in [2.45, 2.75) is 6.92 Å². The highest BCUT2D eigenvalue weighted by Crippen LogP contribution is 2.22. The minimum absolute atomic E-state index is 0.0271. The Bertz CT molecular complexity index is 407. The number of nitrogen functional groups attached to an aromatic ring is 1. The van der Waals surface area contributed by atoms with Crippen LogP contribution in [0.15, 0.2) is 18.2 Å². The second kappa shape index (κ2) is 6.98. The molecule has 0 fully saturated rings. The number of nitrogens with zero attached hydrogens (tertiary/aromatic N) is 1. The third-order valence-corrected chi connectivity index (χ3v) is 2.53. The van der Waals surface area contributed by atoms with E-state index in [4.69, 9.17) is 15.6 Å². The maximum atomic E-state index is 11.9. The Hall–Kier alpha value is -1.59. The highest BCUT2D eigenvalue weighted by atomic mass is 16.5. The van der Waals surface area contributed by atoms with E-state index in [-0.39, 0.29) is 18.9 Å². The van der Waals surface area contributed by atoms with Gasteiger partial charge in [0.25, 0.3) is 0 Å². The standard InChI is InChI=1S/C13H20N2O3/c1-3-18-13-5-4-10(8-11(13)14)12(17)9-15(2)6-7-16/h4-5,8,16H,3,6-7,9,14H2,1-2H3. The largest absolute Gasteiger partial charge is 0.492 e. The number of hydrogen-bond acceptors (Lipinski definition) is 5. The van der Waals surface area contributed by atoms with Gasteiger partial charge in [-0.25, -0.2) is 0 Å².